The van der Waals surface area contributed by atoms with Gasteiger partial charge in [0.05, 0.1) is 0 Å². The second kappa shape index (κ2) is 5.54. The molecule has 3 N–H and O–H groups in total. The van der Waals surface area contributed by atoms with Crippen LogP contribution in [0.2, 0.25) is 0 Å². The molecule has 0 amide bonds. The van der Waals surface area contributed by atoms with E-state index in [-0.39, 0.29) is 11.7 Å². The second-order valence-corrected chi connectivity index (χ2v) is 5.64. The molecule has 0 aliphatic rings. The van der Waals surface area contributed by atoms with E-state index in [1.807, 2.05) is 24.3 Å². The molecule has 0 saturated heterocycles. The molecule has 92 valence electrons. The second-order valence-electron chi connectivity index (χ2n) is 3.61. The van der Waals surface area contributed by atoms with Crippen molar-refractivity contribution in [3.8, 4) is 0 Å². The number of hydrogen-bond donors (Lipinski definition) is 2. The number of rotatable bonds is 3. The molecule has 0 fully saturated rings. The lowest BCUT2D eigenvalue weighted by molar-refractivity contribution is 0.626. The van der Waals surface area contributed by atoms with Crippen molar-refractivity contribution in [3.63, 3.8) is 0 Å². The largest absolute Gasteiger partial charge is 0.384 e. The average Bonchev–Trinajstić information content (AvgIpc) is 2.34. The Morgan fingerprint density at radius 2 is 1.83 bits per heavy atom. The molecule has 2 aromatic carbocycles. The minimum Gasteiger partial charge on any atom is -0.384 e. The van der Waals surface area contributed by atoms with Crippen LogP contribution in [0.5, 0.6) is 0 Å². The number of amidine groups is 1. The predicted molar refractivity (Wildman–Crippen MR) is 75.7 cm³/mol. The highest BCUT2D eigenvalue weighted by Gasteiger charge is 2.08. The lowest BCUT2D eigenvalue weighted by Crippen LogP contribution is -2.12. The van der Waals surface area contributed by atoms with Gasteiger partial charge in [-0.05, 0) is 42.5 Å². The summed E-state index contributed by atoms with van der Waals surface area (Å²) in [4.78, 5) is 1.78. The molecule has 2 rings (SSSR count). The van der Waals surface area contributed by atoms with E-state index in [0.29, 0.717) is 5.56 Å². The summed E-state index contributed by atoms with van der Waals surface area (Å²) < 4.78 is 14.1. The van der Waals surface area contributed by atoms with Crippen molar-refractivity contribution >= 4 is 33.5 Å². The molecule has 5 heteroatoms. The molecule has 0 saturated carbocycles. The standard InChI is InChI=1S/C13H10BrFN2S/c14-8-1-4-10(5-2-8)18-12-6-3-9(15)7-11(12)13(16)17/h1-7H,(H3,16,17). The summed E-state index contributed by atoms with van der Waals surface area (Å²) in [5, 5.41) is 7.46. The first-order chi connectivity index (χ1) is 8.56. The number of benzene rings is 2. The molecule has 2 aromatic rings. The minimum absolute atomic E-state index is 0.130. The van der Waals surface area contributed by atoms with Crippen LogP contribution in [0.1, 0.15) is 5.56 Å². The molecule has 18 heavy (non-hydrogen) atoms. The zero-order valence-corrected chi connectivity index (χ0v) is 11.7. The summed E-state index contributed by atoms with van der Waals surface area (Å²) in [6.07, 6.45) is 0. The maximum Gasteiger partial charge on any atom is 0.124 e. The third-order valence-corrected chi connectivity index (χ3v) is 3.89. The van der Waals surface area contributed by atoms with Gasteiger partial charge in [-0.15, -0.1) is 0 Å². The van der Waals surface area contributed by atoms with Crippen molar-refractivity contribution in [2.75, 3.05) is 0 Å². The summed E-state index contributed by atoms with van der Waals surface area (Å²) in [6, 6.07) is 12.0. The highest BCUT2D eigenvalue weighted by molar-refractivity contribution is 9.10. The minimum atomic E-state index is -0.389. The monoisotopic (exact) mass is 324 g/mol. The molecule has 0 bridgehead atoms. The first-order valence-electron chi connectivity index (χ1n) is 5.13. The summed E-state index contributed by atoms with van der Waals surface area (Å²) in [7, 11) is 0. The van der Waals surface area contributed by atoms with Gasteiger partial charge in [0.25, 0.3) is 0 Å². The Hall–Kier alpha value is -1.33. The van der Waals surface area contributed by atoms with Gasteiger partial charge >= 0.3 is 0 Å². The van der Waals surface area contributed by atoms with Crippen molar-refractivity contribution in [1.82, 2.24) is 0 Å². The number of halogens is 2. The third-order valence-electron chi connectivity index (χ3n) is 2.27. The Morgan fingerprint density at radius 1 is 1.17 bits per heavy atom. The molecule has 0 aliphatic carbocycles. The van der Waals surface area contributed by atoms with Gasteiger partial charge in [-0.3, -0.25) is 5.41 Å². The van der Waals surface area contributed by atoms with Crippen LogP contribution in [0.4, 0.5) is 4.39 Å². The highest BCUT2D eigenvalue weighted by Crippen LogP contribution is 2.31. The van der Waals surface area contributed by atoms with E-state index in [1.54, 1.807) is 6.07 Å². The van der Waals surface area contributed by atoms with E-state index < -0.39 is 0 Å². The Bertz CT molecular complexity index is 584. The fourth-order valence-electron chi connectivity index (χ4n) is 1.43. The number of nitrogens with one attached hydrogen (secondary N) is 1. The number of hydrogen-bond acceptors (Lipinski definition) is 2. The van der Waals surface area contributed by atoms with Crippen molar-refractivity contribution in [2.45, 2.75) is 9.79 Å². The summed E-state index contributed by atoms with van der Waals surface area (Å²) in [5.41, 5.74) is 5.88. The van der Waals surface area contributed by atoms with Crippen LogP contribution >= 0.6 is 27.7 Å². The molecule has 0 radical (unpaired) electrons. The van der Waals surface area contributed by atoms with Gasteiger partial charge in [-0.25, -0.2) is 4.39 Å². The first kappa shape index (κ1) is 13.1. The normalized spacial score (nSPS) is 10.3. The quantitative estimate of drug-likeness (QED) is 0.661. The molecule has 0 aromatic heterocycles. The van der Waals surface area contributed by atoms with Crippen LogP contribution in [0.25, 0.3) is 0 Å². The predicted octanol–water partition coefficient (Wildman–Crippen LogP) is 4.02. The fourth-order valence-corrected chi connectivity index (χ4v) is 2.64. The first-order valence-corrected chi connectivity index (χ1v) is 6.74. The summed E-state index contributed by atoms with van der Waals surface area (Å²) in [6.45, 7) is 0. The van der Waals surface area contributed by atoms with Crippen molar-refractivity contribution in [1.29, 1.82) is 5.41 Å². The SMILES string of the molecule is N=C(N)c1cc(F)ccc1Sc1ccc(Br)cc1. The molecular weight excluding hydrogens is 315 g/mol. The zero-order chi connectivity index (χ0) is 13.1. The van der Waals surface area contributed by atoms with Gasteiger partial charge < -0.3 is 5.73 Å². The maximum atomic E-state index is 13.1. The lowest BCUT2D eigenvalue weighted by atomic mass is 10.2. The van der Waals surface area contributed by atoms with Gasteiger partial charge in [0.15, 0.2) is 0 Å². The van der Waals surface area contributed by atoms with Crippen LogP contribution in [-0.4, -0.2) is 5.84 Å². The van der Waals surface area contributed by atoms with Gasteiger partial charge in [0.1, 0.15) is 11.7 Å². The summed E-state index contributed by atoms with van der Waals surface area (Å²) in [5.74, 6) is -0.519. The Kier molecular flexibility index (Phi) is 4.04. The van der Waals surface area contributed by atoms with E-state index in [0.717, 1.165) is 14.3 Å². The van der Waals surface area contributed by atoms with Crippen molar-refractivity contribution < 1.29 is 4.39 Å². The molecule has 0 aliphatic heterocycles. The third kappa shape index (κ3) is 3.11. The van der Waals surface area contributed by atoms with Crippen molar-refractivity contribution in [2.24, 2.45) is 5.73 Å². The van der Waals surface area contributed by atoms with E-state index in [4.69, 9.17) is 11.1 Å². The van der Waals surface area contributed by atoms with E-state index >= 15 is 0 Å². The van der Waals surface area contributed by atoms with E-state index in [1.165, 1.54) is 23.9 Å². The lowest BCUT2D eigenvalue weighted by Gasteiger charge is -2.08. The van der Waals surface area contributed by atoms with Crippen LogP contribution < -0.4 is 5.73 Å². The Labute approximate surface area is 117 Å². The van der Waals surface area contributed by atoms with Gasteiger partial charge in [0, 0.05) is 19.8 Å². The van der Waals surface area contributed by atoms with Crippen LogP contribution in [0, 0.1) is 11.2 Å². The number of nitrogen functional groups attached to an aromatic ring is 1. The Balaban J connectivity index is 2.34. The van der Waals surface area contributed by atoms with E-state index in [2.05, 4.69) is 15.9 Å². The number of nitrogens with two attached hydrogens (primary N) is 1. The topological polar surface area (TPSA) is 49.9 Å². The van der Waals surface area contributed by atoms with E-state index in [9.17, 15) is 4.39 Å². The molecule has 2 nitrogen and oxygen atoms in total. The van der Waals surface area contributed by atoms with Crippen LogP contribution in [0.15, 0.2) is 56.7 Å². The van der Waals surface area contributed by atoms with Gasteiger partial charge in [-0.1, -0.05) is 27.7 Å². The summed E-state index contributed by atoms with van der Waals surface area (Å²) >= 11 is 4.82. The van der Waals surface area contributed by atoms with Crippen molar-refractivity contribution in [3.05, 3.63) is 58.3 Å². The fraction of sp³-hybridized carbons (Fsp3) is 0. The average molecular weight is 325 g/mol. The van der Waals surface area contributed by atoms with Crippen LogP contribution in [-0.2, 0) is 0 Å². The molecule has 0 atom stereocenters. The van der Waals surface area contributed by atoms with Gasteiger partial charge in [-0.2, -0.15) is 0 Å². The highest BCUT2D eigenvalue weighted by atomic mass is 79.9. The smallest absolute Gasteiger partial charge is 0.124 e. The molecule has 0 unspecified atom stereocenters. The molecular formula is C13H10BrFN2S. The maximum absolute atomic E-state index is 13.1. The molecule has 0 heterocycles. The van der Waals surface area contributed by atoms with Gasteiger partial charge in [0.2, 0.25) is 0 Å². The van der Waals surface area contributed by atoms with Crippen LogP contribution in [0.3, 0.4) is 0 Å². The Morgan fingerprint density at radius 3 is 2.44 bits per heavy atom. The zero-order valence-electron chi connectivity index (χ0n) is 9.28. The molecule has 0 spiro atoms.